The van der Waals surface area contributed by atoms with Gasteiger partial charge >= 0.3 is 0 Å². The summed E-state index contributed by atoms with van der Waals surface area (Å²) in [5.74, 6) is 1.04. The van der Waals surface area contributed by atoms with E-state index in [9.17, 15) is 4.79 Å². The van der Waals surface area contributed by atoms with Crippen molar-refractivity contribution in [3.8, 4) is 0 Å². The van der Waals surface area contributed by atoms with Crippen molar-refractivity contribution in [1.82, 2.24) is 4.90 Å². The first-order valence-electron chi connectivity index (χ1n) is 5.95. The average Bonchev–Trinajstić information content (AvgIpc) is 2.23. The Labute approximate surface area is 104 Å². The van der Waals surface area contributed by atoms with Crippen LogP contribution in [0, 0.1) is 0 Å². The number of hydrogen-bond donors (Lipinski definition) is 1. The standard InChI is InChI=1S/C12H26N2OS/c1-6-8-12(3,13)11(15)14(4)10(7-2)9-16-5/h10H,6-9,13H2,1-5H3. The highest BCUT2D eigenvalue weighted by atomic mass is 32.2. The third kappa shape index (κ3) is 4.34. The Kier molecular flexibility index (Phi) is 7.07. The van der Waals surface area contributed by atoms with Gasteiger partial charge in [0.2, 0.25) is 5.91 Å². The fourth-order valence-electron chi connectivity index (χ4n) is 1.89. The van der Waals surface area contributed by atoms with E-state index in [1.54, 1.807) is 11.8 Å². The van der Waals surface area contributed by atoms with E-state index in [0.29, 0.717) is 6.04 Å². The van der Waals surface area contributed by atoms with E-state index in [0.717, 1.165) is 25.0 Å². The van der Waals surface area contributed by atoms with E-state index in [4.69, 9.17) is 5.73 Å². The minimum atomic E-state index is -0.713. The van der Waals surface area contributed by atoms with Crippen molar-refractivity contribution in [2.45, 2.75) is 51.6 Å². The number of hydrogen-bond acceptors (Lipinski definition) is 3. The largest absolute Gasteiger partial charge is 0.340 e. The summed E-state index contributed by atoms with van der Waals surface area (Å²) in [6.45, 7) is 6.00. The number of thioether (sulfide) groups is 1. The van der Waals surface area contributed by atoms with Crippen LogP contribution in [-0.2, 0) is 4.79 Å². The van der Waals surface area contributed by atoms with Gasteiger partial charge in [-0.25, -0.2) is 0 Å². The van der Waals surface area contributed by atoms with E-state index in [1.165, 1.54) is 0 Å². The molecule has 16 heavy (non-hydrogen) atoms. The molecule has 0 rings (SSSR count). The van der Waals surface area contributed by atoms with Crippen molar-refractivity contribution in [2.75, 3.05) is 19.1 Å². The lowest BCUT2D eigenvalue weighted by Crippen LogP contribution is -2.55. The SMILES string of the molecule is CCCC(C)(N)C(=O)N(C)C(CC)CSC. The second kappa shape index (κ2) is 7.17. The molecule has 0 spiro atoms. The summed E-state index contributed by atoms with van der Waals surface area (Å²) in [5.41, 5.74) is 5.35. The van der Waals surface area contributed by atoms with Crippen molar-refractivity contribution in [3.05, 3.63) is 0 Å². The van der Waals surface area contributed by atoms with E-state index < -0.39 is 5.54 Å². The number of rotatable bonds is 7. The van der Waals surface area contributed by atoms with Crippen molar-refractivity contribution >= 4 is 17.7 Å². The highest BCUT2D eigenvalue weighted by molar-refractivity contribution is 7.98. The second-order valence-electron chi connectivity index (χ2n) is 4.60. The van der Waals surface area contributed by atoms with Gasteiger partial charge in [0, 0.05) is 18.8 Å². The van der Waals surface area contributed by atoms with Crippen molar-refractivity contribution in [2.24, 2.45) is 5.73 Å². The maximum atomic E-state index is 12.2. The maximum Gasteiger partial charge on any atom is 0.242 e. The highest BCUT2D eigenvalue weighted by Crippen LogP contribution is 2.16. The molecule has 96 valence electrons. The maximum absolute atomic E-state index is 12.2. The van der Waals surface area contributed by atoms with Gasteiger partial charge in [0.05, 0.1) is 5.54 Å². The van der Waals surface area contributed by atoms with Gasteiger partial charge in [-0.05, 0) is 26.0 Å². The van der Waals surface area contributed by atoms with Crippen LogP contribution in [0.1, 0.15) is 40.0 Å². The van der Waals surface area contributed by atoms with Crippen LogP contribution in [0.4, 0.5) is 0 Å². The molecule has 0 aliphatic rings. The van der Waals surface area contributed by atoms with Gasteiger partial charge in [0.25, 0.3) is 0 Å². The minimum Gasteiger partial charge on any atom is -0.340 e. The summed E-state index contributed by atoms with van der Waals surface area (Å²) >= 11 is 1.77. The minimum absolute atomic E-state index is 0.0650. The average molecular weight is 246 g/mol. The molecule has 0 aromatic carbocycles. The van der Waals surface area contributed by atoms with Crippen LogP contribution in [0.15, 0.2) is 0 Å². The zero-order chi connectivity index (χ0) is 12.8. The third-order valence-corrected chi connectivity index (χ3v) is 3.67. The molecule has 0 saturated heterocycles. The molecule has 0 aromatic rings. The molecule has 0 aliphatic carbocycles. The Hall–Kier alpha value is -0.220. The molecule has 0 bridgehead atoms. The lowest BCUT2D eigenvalue weighted by atomic mass is 9.95. The van der Waals surface area contributed by atoms with E-state index >= 15 is 0 Å². The molecule has 0 heterocycles. The molecule has 0 radical (unpaired) electrons. The fraction of sp³-hybridized carbons (Fsp3) is 0.917. The van der Waals surface area contributed by atoms with Crippen LogP contribution in [0.5, 0.6) is 0 Å². The molecular formula is C12H26N2OS. The summed E-state index contributed by atoms with van der Waals surface area (Å²) in [6.07, 6.45) is 4.72. The summed E-state index contributed by atoms with van der Waals surface area (Å²) in [5, 5.41) is 0. The molecule has 2 unspecified atom stereocenters. The summed E-state index contributed by atoms with van der Waals surface area (Å²) < 4.78 is 0. The van der Waals surface area contributed by atoms with Gasteiger partial charge in [-0.3, -0.25) is 4.79 Å². The molecule has 2 atom stereocenters. The van der Waals surface area contributed by atoms with E-state index in [2.05, 4.69) is 20.1 Å². The van der Waals surface area contributed by atoms with Gasteiger partial charge < -0.3 is 10.6 Å². The number of carbonyl (C=O) groups excluding carboxylic acids is 1. The highest BCUT2D eigenvalue weighted by Gasteiger charge is 2.32. The quantitative estimate of drug-likeness (QED) is 0.748. The number of nitrogens with two attached hydrogens (primary N) is 1. The Balaban J connectivity index is 4.56. The van der Waals surface area contributed by atoms with Crippen LogP contribution >= 0.6 is 11.8 Å². The molecule has 0 saturated carbocycles. The van der Waals surface area contributed by atoms with Crippen LogP contribution in [0.25, 0.3) is 0 Å². The summed E-state index contributed by atoms with van der Waals surface area (Å²) in [7, 11) is 1.87. The monoisotopic (exact) mass is 246 g/mol. The van der Waals surface area contributed by atoms with Crippen LogP contribution in [-0.4, -0.2) is 41.4 Å². The smallest absolute Gasteiger partial charge is 0.242 e. The van der Waals surface area contributed by atoms with Crippen LogP contribution in [0.3, 0.4) is 0 Å². The van der Waals surface area contributed by atoms with Crippen molar-refractivity contribution < 1.29 is 4.79 Å². The molecule has 1 amide bonds. The normalized spacial score (nSPS) is 16.6. The Morgan fingerprint density at radius 2 is 2.06 bits per heavy atom. The molecule has 0 fully saturated rings. The predicted octanol–water partition coefficient (Wildman–Crippen LogP) is 2.10. The Morgan fingerprint density at radius 1 is 1.50 bits per heavy atom. The number of nitrogens with zero attached hydrogens (tertiary/aromatic N) is 1. The molecule has 0 aromatic heterocycles. The van der Waals surface area contributed by atoms with Crippen molar-refractivity contribution in [1.29, 1.82) is 0 Å². The van der Waals surface area contributed by atoms with Gasteiger partial charge in [-0.15, -0.1) is 0 Å². The van der Waals surface area contributed by atoms with Crippen molar-refractivity contribution in [3.63, 3.8) is 0 Å². The summed E-state index contributed by atoms with van der Waals surface area (Å²) in [6, 6.07) is 0.294. The first-order valence-corrected chi connectivity index (χ1v) is 7.35. The molecule has 3 nitrogen and oxygen atoms in total. The number of likely N-dealkylation sites (N-methyl/N-ethyl adjacent to an activating group) is 1. The first-order chi connectivity index (χ1) is 7.40. The van der Waals surface area contributed by atoms with Gasteiger partial charge in [0.15, 0.2) is 0 Å². The second-order valence-corrected chi connectivity index (χ2v) is 5.51. The lowest BCUT2D eigenvalue weighted by Gasteiger charge is -2.34. The zero-order valence-corrected chi connectivity index (χ0v) is 12.1. The Bertz CT molecular complexity index is 219. The molecular weight excluding hydrogens is 220 g/mol. The van der Waals surface area contributed by atoms with Gasteiger partial charge in [-0.2, -0.15) is 11.8 Å². The fourth-order valence-corrected chi connectivity index (χ4v) is 2.73. The number of amides is 1. The predicted molar refractivity (Wildman–Crippen MR) is 72.7 cm³/mol. The summed E-state index contributed by atoms with van der Waals surface area (Å²) in [4.78, 5) is 14.0. The Morgan fingerprint density at radius 3 is 2.44 bits per heavy atom. The lowest BCUT2D eigenvalue weighted by molar-refractivity contribution is -0.137. The van der Waals surface area contributed by atoms with Crippen LogP contribution < -0.4 is 5.73 Å². The molecule has 2 N–H and O–H groups in total. The molecule has 0 aliphatic heterocycles. The number of carbonyl (C=O) groups is 1. The first kappa shape index (κ1) is 15.8. The molecule has 4 heteroatoms. The van der Waals surface area contributed by atoms with Crippen LogP contribution in [0.2, 0.25) is 0 Å². The third-order valence-electron chi connectivity index (χ3n) is 2.96. The van der Waals surface area contributed by atoms with E-state index in [1.807, 2.05) is 18.9 Å². The van der Waals surface area contributed by atoms with Gasteiger partial charge in [0.1, 0.15) is 0 Å². The topological polar surface area (TPSA) is 46.3 Å². The van der Waals surface area contributed by atoms with Gasteiger partial charge in [-0.1, -0.05) is 20.3 Å². The van der Waals surface area contributed by atoms with E-state index in [-0.39, 0.29) is 5.91 Å². The zero-order valence-electron chi connectivity index (χ0n) is 11.2.